The number of hydrogen-bond acceptors (Lipinski definition) is 7. The first-order valence-corrected chi connectivity index (χ1v) is 9.21. The first-order chi connectivity index (χ1) is 12.2. The van der Waals surface area contributed by atoms with Crippen LogP contribution in [0, 0.1) is 11.8 Å². The highest BCUT2D eigenvalue weighted by Gasteiger charge is 2.26. The van der Waals surface area contributed by atoms with Crippen molar-refractivity contribution in [3.8, 4) is 5.75 Å². The fourth-order valence-electron chi connectivity index (χ4n) is 3.15. The van der Waals surface area contributed by atoms with Crippen molar-refractivity contribution in [2.75, 3.05) is 24.6 Å². The van der Waals surface area contributed by atoms with E-state index in [1.807, 2.05) is 6.92 Å². The second-order valence-corrected chi connectivity index (χ2v) is 6.81. The Hall–Kier alpha value is -1.89. The lowest BCUT2D eigenvalue weighted by molar-refractivity contribution is 0.219. The van der Waals surface area contributed by atoms with Crippen LogP contribution in [-0.4, -0.2) is 39.8 Å². The molecule has 2 aromatic heterocycles. The molecule has 1 atom stereocenters. The molecule has 0 N–H and O–H groups in total. The molecule has 2 aromatic rings. The lowest BCUT2D eigenvalue weighted by Gasteiger charge is -2.33. The highest BCUT2D eigenvalue weighted by Crippen LogP contribution is 2.29. The van der Waals surface area contributed by atoms with Crippen LogP contribution < -0.4 is 9.64 Å². The van der Waals surface area contributed by atoms with E-state index in [0.29, 0.717) is 30.2 Å². The smallest absolute Gasteiger partial charge is 0.324 e. The van der Waals surface area contributed by atoms with Gasteiger partial charge in [0.05, 0.1) is 19.0 Å². The minimum atomic E-state index is 0.236. The summed E-state index contributed by atoms with van der Waals surface area (Å²) in [4.78, 5) is 14.4. The fourth-order valence-corrected chi connectivity index (χ4v) is 3.25. The topological polar surface area (TPSA) is 77.2 Å². The molecule has 7 nitrogen and oxygen atoms in total. The molecule has 25 heavy (non-hydrogen) atoms. The minimum absolute atomic E-state index is 0.236. The molecule has 3 rings (SSSR count). The normalized spacial score (nSPS) is 16.8. The van der Waals surface area contributed by atoms with Crippen LogP contribution in [0.4, 0.5) is 6.01 Å². The summed E-state index contributed by atoms with van der Waals surface area (Å²) in [5.41, 5.74) is 0. The highest BCUT2D eigenvalue weighted by molar-refractivity contribution is 6.28. The van der Waals surface area contributed by atoms with Crippen LogP contribution in [0.1, 0.15) is 38.9 Å². The van der Waals surface area contributed by atoms with Crippen molar-refractivity contribution in [3.05, 3.63) is 23.5 Å². The molecule has 136 valence electrons. The predicted octanol–water partition coefficient (Wildman–Crippen LogP) is 3.40. The third-order valence-corrected chi connectivity index (χ3v) is 5.02. The molecular formula is C17H24ClN5O2. The van der Waals surface area contributed by atoms with Gasteiger partial charge in [-0.2, -0.15) is 4.98 Å². The van der Waals surface area contributed by atoms with Crippen LogP contribution in [0.25, 0.3) is 0 Å². The van der Waals surface area contributed by atoms with Crippen molar-refractivity contribution in [2.24, 2.45) is 11.8 Å². The van der Waals surface area contributed by atoms with E-state index in [2.05, 4.69) is 31.9 Å². The monoisotopic (exact) mass is 365 g/mol. The Labute approximate surface area is 152 Å². The Balaban J connectivity index is 1.40. The molecule has 1 unspecified atom stereocenters. The molecule has 3 heterocycles. The van der Waals surface area contributed by atoms with Crippen molar-refractivity contribution in [2.45, 2.75) is 39.5 Å². The van der Waals surface area contributed by atoms with E-state index >= 15 is 0 Å². The van der Waals surface area contributed by atoms with Crippen LogP contribution in [0.2, 0.25) is 5.28 Å². The summed E-state index contributed by atoms with van der Waals surface area (Å²) in [6, 6.07) is 0.661. The average molecular weight is 366 g/mol. The largest absolute Gasteiger partial charge is 0.490 e. The van der Waals surface area contributed by atoms with Gasteiger partial charge in [-0.25, -0.2) is 9.97 Å². The zero-order valence-corrected chi connectivity index (χ0v) is 15.4. The Morgan fingerprint density at radius 1 is 1.32 bits per heavy atom. The molecular weight excluding hydrogens is 342 g/mol. The molecule has 1 aliphatic heterocycles. The fraction of sp³-hybridized carbons (Fsp3) is 0.647. The van der Waals surface area contributed by atoms with Gasteiger partial charge in [0.15, 0.2) is 11.6 Å². The van der Waals surface area contributed by atoms with Crippen molar-refractivity contribution in [3.63, 3.8) is 0 Å². The van der Waals surface area contributed by atoms with Gasteiger partial charge in [-0.05, 0) is 42.7 Å². The number of anilines is 1. The van der Waals surface area contributed by atoms with Gasteiger partial charge in [0.2, 0.25) is 5.28 Å². The van der Waals surface area contributed by atoms with E-state index in [-0.39, 0.29) is 5.28 Å². The van der Waals surface area contributed by atoms with E-state index in [1.54, 1.807) is 12.4 Å². The first-order valence-electron chi connectivity index (χ1n) is 8.83. The maximum atomic E-state index is 5.70. The lowest BCUT2D eigenvalue weighted by atomic mass is 9.84. The second-order valence-electron chi connectivity index (χ2n) is 6.47. The van der Waals surface area contributed by atoms with Crippen LogP contribution in [-0.2, 0) is 6.42 Å². The van der Waals surface area contributed by atoms with Crippen LogP contribution in [0.15, 0.2) is 16.9 Å². The quantitative estimate of drug-likeness (QED) is 0.696. The van der Waals surface area contributed by atoms with E-state index in [0.717, 1.165) is 44.6 Å². The van der Waals surface area contributed by atoms with Gasteiger partial charge in [-0.15, -0.1) is 0 Å². The van der Waals surface area contributed by atoms with Gasteiger partial charge in [-0.1, -0.05) is 19.0 Å². The van der Waals surface area contributed by atoms with E-state index in [4.69, 9.17) is 20.9 Å². The summed E-state index contributed by atoms with van der Waals surface area (Å²) >= 11 is 5.67. The average Bonchev–Trinajstić information content (AvgIpc) is 3.13. The molecule has 0 amide bonds. The maximum Gasteiger partial charge on any atom is 0.324 e. The molecule has 8 heteroatoms. The molecule has 1 aliphatic rings. The maximum absolute atomic E-state index is 5.70. The standard InChI is InChI=1S/C17H24ClN5O2/c1-3-15-21-17(25-22-15)23-7-4-13(5-8-23)12(2)6-9-24-14-10-19-16(18)20-11-14/h10-13H,3-9H2,1-2H3. The number of hydrogen-bond donors (Lipinski definition) is 0. The number of piperidine rings is 1. The predicted molar refractivity (Wildman–Crippen MR) is 94.9 cm³/mol. The first kappa shape index (κ1) is 17.9. The summed E-state index contributed by atoms with van der Waals surface area (Å²) in [6.07, 6.45) is 7.29. The molecule has 0 aromatic carbocycles. The van der Waals surface area contributed by atoms with Crippen molar-refractivity contribution >= 4 is 17.6 Å². The van der Waals surface area contributed by atoms with Gasteiger partial charge < -0.3 is 14.2 Å². The van der Waals surface area contributed by atoms with Gasteiger partial charge in [0.1, 0.15) is 0 Å². The number of rotatable bonds is 7. The minimum Gasteiger partial charge on any atom is -0.490 e. The number of halogens is 1. The highest BCUT2D eigenvalue weighted by atomic mass is 35.5. The number of aryl methyl sites for hydroxylation is 1. The summed E-state index contributed by atoms with van der Waals surface area (Å²) in [6.45, 7) is 6.92. The van der Waals surface area contributed by atoms with Crippen LogP contribution in [0.5, 0.6) is 5.75 Å². The van der Waals surface area contributed by atoms with Gasteiger partial charge in [0.25, 0.3) is 0 Å². The summed E-state index contributed by atoms with van der Waals surface area (Å²) < 4.78 is 11.0. The van der Waals surface area contributed by atoms with Gasteiger partial charge >= 0.3 is 6.01 Å². The molecule has 0 aliphatic carbocycles. The zero-order chi connectivity index (χ0) is 17.6. The van der Waals surface area contributed by atoms with E-state index < -0.39 is 0 Å². The van der Waals surface area contributed by atoms with Crippen molar-refractivity contribution in [1.29, 1.82) is 0 Å². The summed E-state index contributed by atoms with van der Waals surface area (Å²) in [5, 5.41) is 4.21. The Morgan fingerprint density at radius 2 is 2.04 bits per heavy atom. The SMILES string of the molecule is CCc1noc(N2CCC(C(C)CCOc3cnc(Cl)nc3)CC2)n1. The molecule has 1 saturated heterocycles. The molecule has 0 saturated carbocycles. The third-order valence-electron chi connectivity index (χ3n) is 4.83. The Bertz CT molecular complexity index is 655. The second kappa shape index (κ2) is 8.47. The van der Waals surface area contributed by atoms with E-state index in [1.165, 1.54) is 0 Å². The van der Waals surface area contributed by atoms with Crippen molar-refractivity contribution in [1.82, 2.24) is 20.1 Å². The van der Waals surface area contributed by atoms with Crippen LogP contribution in [0.3, 0.4) is 0 Å². The number of ether oxygens (including phenoxy) is 1. The van der Waals surface area contributed by atoms with E-state index in [9.17, 15) is 0 Å². The van der Waals surface area contributed by atoms with Crippen molar-refractivity contribution < 1.29 is 9.26 Å². The third kappa shape index (κ3) is 4.81. The summed E-state index contributed by atoms with van der Waals surface area (Å²) in [7, 11) is 0. The Kier molecular flexibility index (Phi) is 6.07. The van der Waals surface area contributed by atoms with Gasteiger partial charge in [-0.3, -0.25) is 0 Å². The zero-order valence-electron chi connectivity index (χ0n) is 14.7. The number of aromatic nitrogens is 4. The van der Waals surface area contributed by atoms with Gasteiger partial charge in [0, 0.05) is 19.5 Å². The Morgan fingerprint density at radius 3 is 2.68 bits per heavy atom. The summed E-state index contributed by atoms with van der Waals surface area (Å²) in [5.74, 6) is 2.72. The number of nitrogens with zero attached hydrogens (tertiary/aromatic N) is 5. The molecule has 0 radical (unpaired) electrons. The lowest BCUT2D eigenvalue weighted by Crippen LogP contribution is -2.36. The molecule has 0 bridgehead atoms. The van der Waals surface area contributed by atoms with Crippen LogP contribution >= 0.6 is 11.6 Å². The molecule has 0 spiro atoms. The molecule has 1 fully saturated rings.